The van der Waals surface area contributed by atoms with E-state index in [-0.39, 0.29) is 11.9 Å². The molecule has 0 bridgehead atoms. The fourth-order valence-electron chi connectivity index (χ4n) is 1.89. The Labute approximate surface area is 101 Å². The second-order valence-electron chi connectivity index (χ2n) is 4.36. The maximum atomic E-state index is 13.6. The molecule has 88 valence electrons. The van der Waals surface area contributed by atoms with Crippen molar-refractivity contribution >= 4 is 0 Å². The van der Waals surface area contributed by atoms with E-state index in [1.54, 1.807) is 12.1 Å². The molecule has 0 aliphatic heterocycles. The molecule has 0 saturated carbocycles. The van der Waals surface area contributed by atoms with Gasteiger partial charge in [-0.3, -0.25) is 0 Å². The number of benzene rings is 2. The molecule has 0 heterocycles. The zero-order chi connectivity index (χ0) is 12.3. The Morgan fingerprint density at radius 2 is 1.71 bits per heavy atom. The minimum Gasteiger partial charge on any atom is -0.328 e. The van der Waals surface area contributed by atoms with Crippen LogP contribution in [0.2, 0.25) is 0 Å². The Balaban J connectivity index is 2.27. The third kappa shape index (κ3) is 2.92. The maximum absolute atomic E-state index is 13.6. The molecule has 0 aliphatic rings. The van der Waals surface area contributed by atoms with Crippen LogP contribution in [0.25, 0.3) is 11.1 Å². The van der Waals surface area contributed by atoms with Gasteiger partial charge in [0, 0.05) is 11.6 Å². The van der Waals surface area contributed by atoms with Gasteiger partial charge in [-0.25, -0.2) is 4.39 Å². The Bertz CT molecular complexity index is 489. The van der Waals surface area contributed by atoms with Gasteiger partial charge < -0.3 is 5.73 Å². The average molecular weight is 229 g/mol. The van der Waals surface area contributed by atoms with Crippen LogP contribution in [-0.2, 0) is 6.42 Å². The predicted octanol–water partition coefficient (Wildman–Crippen LogP) is 3.38. The Morgan fingerprint density at radius 1 is 1.06 bits per heavy atom. The number of hydrogen-bond acceptors (Lipinski definition) is 1. The van der Waals surface area contributed by atoms with Gasteiger partial charge in [-0.1, -0.05) is 42.5 Å². The van der Waals surface area contributed by atoms with Crippen LogP contribution in [0.4, 0.5) is 4.39 Å². The SMILES string of the molecule is CC(N)Cc1ccc(-c2ccccc2F)cc1. The predicted molar refractivity (Wildman–Crippen MR) is 69.2 cm³/mol. The van der Waals surface area contributed by atoms with Crippen LogP contribution in [0.3, 0.4) is 0 Å². The highest BCUT2D eigenvalue weighted by molar-refractivity contribution is 5.64. The third-order valence-electron chi connectivity index (χ3n) is 2.70. The number of hydrogen-bond donors (Lipinski definition) is 1. The van der Waals surface area contributed by atoms with Gasteiger partial charge in [0.05, 0.1) is 0 Å². The molecule has 0 aromatic heterocycles. The zero-order valence-electron chi connectivity index (χ0n) is 9.86. The summed E-state index contributed by atoms with van der Waals surface area (Å²) in [6.45, 7) is 1.98. The fourth-order valence-corrected chi connectivity index (χ4v) is 1.89. The highest BCUT2D eigenvalue weighted by Gasteiger charge is 2.04. The molecule has 0 amide bonds. The Morgan fingerprint density at radius 3 is 2.29 bits per heavy atom. The van der Waals surface area contributed by atoms with E-state index in [0.717, 1.165) is 12.0 Å². The van der Waals surface area contributed by atoms with E-state index in [2.05, 4.69) is 0 Å². The minimum atomic E-state index is -0.188. The second kappa shape index (κ2) is 5.11. The smallest absolute Gasteiger partial charge is 0.131 e. The summed E-state index contributed by atoms with van der Waals surface area (Å²) in [5.74, 6) is -0.188. The molecule has 2 aromatic rings. The van der Waals surface area contributed by atoms with Crippen molar-refractivity contribution in [3.05, 3.63) is 59.9 Å². The first-order chi connectivity index (χ1) is 8.16. The lowest BCUT2D eigenvalue weighted by atomic mass is 10.0. The normalized spacial score (nSPS) is 12.4. The van der Waals surface area contributed by atoms with E-state index in [1.807, 2.05) is 37.3 Å². The van der Waals surface area contributed by atoms with Crippen LogP contribution in [0, 0.1) is 5.82 Å². The monoisotopic (exact) mass is 229 g/mol. The Kier molecular flexibility index (Phi) is 3.55. The highest BCUT2D eigenvalue weighted by atomic mass is 19.1. The van der Waals surface area contributed by atoms with Crippen LogP contribution in [0.1, 0.15) is 12.5 Å². The quantitative estimate of drug-likeness (QED) is 0.857. The van der Waals surface area contributed by atoms with Crippen molar-refractivity contribution in [1.82, 2.24) is 0 Å². The number of rotatable bonds is 3. The summed E-state index contributed by atoms with van der Waals surface area (Å²) in [7, 11) is 0. The summed E-state index contributed by atoms with van der Waals surface area (Å²) < 4.78 is 13.6. The summed E-state index contributed by atoms with van der Waals surface area (Å²) in [5, 5.41) is 0. The van der Waals surface area contributed by atoms with E-state index in [4.69, 9.17) is 5.73 Å². The summed E-state index contributed by atoms with van der Waals surface area (Å²) in [6, 6.07) is 14.8. The molecular weight excluding hydrogens is 213 g/mol. The van der Waals surface area contributed by atoms with Gasteiger partial charge in [-0.15, -0.1) is 0 Å². The van der Waals surface area contributed by atoms with Crippen LogP contribution < -0.4 is 5.73 Å². The lowest BCUT2D eigenvalue weighted by Crippen LogP contribution is -2.17. The van der Waals surface area contributed by atoms with Gasteiger partial charge in [-0.2, -0.15) is 0 Å². The van der Waals surface area contributed by atoms with E-state index >= 15 is 0 Å². The highest BCUT2D eigenvalue weighted by Crippen LogP contribution is 2.22. The molecule has 2 N–H and O–H groups in total. The topological polar surface area (TPSA) is 26.0 Å². The van der Waals surface area contributed by atoms with Crippen LogP contribution in [0.5, 0.6) is 0 Å². The number of nitrogens with two attached hydrogens (primary N) is 1. The first-order valence-electron chi connectivity index (χ1n) is 5.76. The molecule has 1 atom stereocenters. The van der Waals surface area contributed by atoms with E-state index in [9.17, 15) is 4.39 Å². The van der Waals surface area contributed by atoms with Crippen molar-refractivity contribution in [2.24, 2.45) is 5.73 Å². The van der Waals surface area contributed by atoms with Crippen molar-refractivity contribution in [3.8, 4) is 11.1 Å². The molecule has 2 heteroatoms. The molecule has 0 saturated heterocycles. The molecule has 1 nitrogen and oxygen atoms in total. The molecule has 17 heavy (non-hydrogen) atoms. The van der Waals surface area contributed by atoms with Gasteiger partial charge in [-0.05, 0) is 30.5 Å². The van der Waals surface area contributed by atoms with Crippen molar-refractivity contribution in [2.75, 3.05) is 0 Å². The van der Waals surface area contributed by atoms with Gasteiger partial charge in [0.25, 0.3) is 0 Å². The van der Waals surface area contributed by atoms with E-state index in [0.29, 0.717) is 5.56 Å². The van der Waals surface area contributed by atoms with Gasteiger partial charge >= 0.3 is 0 Å². The second-order valence-corrected chi connectivity index (χ2v) is 4.36. The van der Waals surface area contributed by atoms with Gasteiger partial charge in [0.2, 0.25) is 0 Å². The average Bonchev–Trinajstić information content (AvgIpc) is 2.30. The largest absolute Gasteiger partial charge is 0.328 e. The standard InChI is InChI=1S/C15H16FN/c1-11(17)10-12-6-8-13(9-7-12)14-4-2-3-5-15(14)16/h2-9,11H,10,17H2,1H3. The summed E-state index contributed by atoms with van der Waals surface area (Å²) in [6.07, 6.45) is 0.845. The van der Waals surface area contributed by atoms with E-state index in [1.165, 1.54) is 11.6 Å². The minimum absolute atomic E-state index is 0.148. The van der Waals surface area contributed by atoms with Crippen molar-refractivity contribution in [2.45, 2.75) is 19.4 Å². The molecule has 2 rings (SSSR count). The van der Waals surface area contributed by atoms with Crippen LogP contribution >= 0.6 is 0 Å². The first-order valence-corrected chi connectivity index (χ1v) is 5.76. The molecule has 2 aromatic carbocycles. The van der Waals surface area contributed by atoms with Gasteiger partial charge in [0.1, 0.15) is 5.82 Å². The third-order valence-corrected chi connectivity index (χ3v) is 2.70. The van der Waals surface area contributed by atoms with Crippen molar-refractivity contribution in [3.63, 3.8) is 0 Å². The molecule has 0 radical (unpaired) electrons. The van der Waals surface area contributed by atoms with Crippen molar-refractivity contribution in [1.29, 1.82) is 0 Å². The molecule has 1 unspecified atom stereocenters. The van der Waals surface area contributed by atoms with E-state index < -0.39 is 0 Å². The van der Waals surface area contributed by atoms with Gasteiger partial charge in [0.15, 0.2) is 0 Å². The summed E-state index contributed by atoms with van der Waals surface area (Å²) >= 11 is 0. The summed E-state index contributed by atoms with van der Waals surface area (Å²) in [4.78, 5) is 0. The maximum Gasteiger partial charge on any atom is 0.131 e. The lowest BCUT2D eigenvalue weighted by molar-refractivity contribution is 0.631. The zero-order valence-corrected chi connectivity index (χ0v) is 9.86. The molecule has 0 fully saturated rings. The van der Waals surface area contributed by atoms with Crippen LogP contribution in [-0.4, -0.2) is 6.04 Å². The Hall–Kier alpha value is -1.67. The van der Waals surface area contributed by atoms with Crippen molar-refractivity contribution < 1.29 is 4.39 Å². The first kappa shape index (κ1) is 11.8. The fraction of sp³-hybridized carbons (Fsp3) is 0.200. The molecule has 0 aliphatic carbocycles. The number of halogens is 1. The summed E-state index contributed by atoms with van der Waals surface area (Å²) in [5.41, 5.74) is 8.46. The van der Waals surface area contributed by atoms with Crippen LogP contribution in [0.15, 0.2) is 48.5 Å². The molecule has 0 spiro atoms. The molecular formula is C15H16FN. The lowest BCUT2D eigenvalue weighted by Gasteiger charge is -2.07.